The van der Waals surface area contributed by atoms with Crippen molar-refractivity contribution < 1.29 is 4.79 Å². The second kappa shape index (κ2) is 7.30. The van der Waals surface area contributed by atoms with Crippen LogP contribution in [-0.2, 0) is 18.9 Å². The maximum atomic E-state index is 12.3. The van der Waals surface area contributed by atoms with E-state index in [1.807, 2.05) is 0 Å². The van der Waals surface area contributed by atoms with Gasteiger partial charge in [-0.3, -0.25) is 18.7 Å². The number of nitrogens with one attached hydrogen (secondary N) is 2. The molecule has 0 unspecified atom stereocenters. The summed E-state index contributed by atoms with van der Waals surface area (Å²) in [7, 11) is 3.00. The molecule has 0 saturated heterocycles. The molecule has 1 fully saturated rings. The highest BCUT2D eigenvalue weighted by Crippen LogP contribution is 2.29. The summed E-state index contributed by atoms with van der Waals surface area (Å²) in [5.41, 5.74) is -0.274. The average Bonchev–Trinajstić information content (AvgIpc) is 3.05. The Morgan fingerprint density at radius 3 is 2.73 bits per heavy atom. The fraction of sp³-hybridized carbons (Fsp3) is 0.647. The van der Waals surface area contributed by atoms with Crippen molar-refractivity contribution in [3.8, 4) is 0 Å². The Labute approximate surface area is 155 Å². The molecule has 0 aromatic carbocycles. The zero-order valence-corrected chi connectivity index (χ0v) is 16.4. The lowest BCUT2D eigenvalue weighted by atomic mass is 9.78. The van der Waals surface area contributed by atoms with E-state index in [1.165, 1.54) is 29.8 Å². The molecule has 2 heterocycles. The number of aryl methyl sites for hydroxylation is 1. The maximum absolute atomic E-state index is 12.3. The Kier molecular flexibility index (Phi) is 5.27. The van der Waals surface area contributed by atoms with Gasteiger partial charge < -0.3 is 10.3 Å². The van der Waals surface area contributed by atoms with E-state index in [4.69, 9.17) is 0 Å². The number of carbonyl (C=O) groups excluding carboxylic acids is 1. The summed E-state index contributed by atoms with van der Waals surface area (Å²) in [5, 5.41) is 3.58. The second-order valence-corrected chi connectivity index (χ2v) is 8.14. The molecule has 1 amide bonds. The first-order valence-electron chi connectivity index (χ1n) is 8.87. The summed E-state index contributed by atoms with van der Waals surface area (Å²) in [6, 6.07) is 0.218. The number of imidazole rings is 1. The number of thioether (sulfide) groups is 1. The monoisotopic (exact) mass is 379 g/mol. The number of hydrogen-bond donors (Lipinski definition) is 2. The molecule has 3 atom stereocenters. The molecule has 1 aliphatic rings. The van der Waals surface area contributed by atoms with Gasteiger partial charge in [0, 0.05) is 20.1 Å². The normalized spacial score (nSPS) is 23.3. The van der Waals surface area contributed by atoms with Gasteiger partial charge in [0.2, 0.25) is 5.91 Å². The number of carbonyl (C=O) groups is 1. The molecule has 0 aliphatic heterocycles. The van der Waals surface area contributed by atoms with Crippen molar-refractivity contribution in [1.29, 1.82) is 0 Å². The van der Waals surface area contributed by atoms with E-state index >= 15 is 0 Å². The molecule has 8 nitrogen and oxygen atoms in total. The average molecular weight is 379 g/mol. The van der Waals surface area contributed by atoms with E-state index in [0.29, 0.717) is 22.6 Å². The first-order chi connectivity index (χ1) is 12.3. The molecular formula is C17H25N5O3S. The van der Waals surface area contributed by atoms with Crippen LogP contribution in [0, 0.1) is 11.8 Å². The van der Waals surface area contributed by atoms with E-state index in [0.717, 1.165) is 17.4 Å². The van der Waals surface area contributed by atoms with Gasteiger partial charge >= 0.3 is 5.69 Å². The lowest BCUT2D eigenvalue weighted by Crippen LogP contribution is -2.44. The van der Waals surface area contributed by atoms with Gasteiger partial charge in [-0.15, -0.1) is 0 Å². The first kappa shape index (κ1) is 18.8. The molecule has 0 radical (unpaired) electrons. The summed E-state index contributed by atoms with van der Waals surface area (Å²) >= 11 is 1.23. The van der Waals surface area contributed by atoms with E-state index in [9.17, 15) is 14.4 Å². The Hall–Kier alpha value is -2.03. The Morgan fingerprint density at radius 1 is 1.27 bits per heavy atom. The van der Waals surface area contributed by atoms with Crippen LogP contribution in [0.15, 0.2) is 14.7 Å². The Morgan fingerprint density at radius 2 is 2.00 bits per heavy atom. The van der Waals surface area contributed by atoms with Gasteiger partial charge in [0.15, 0.2) is 16.3 Å². The van der Waals surface area contributed by atoms with Crippen molar-refractivity contribution in [2.75, 3.05) is 5.75 Å². The number of hydrogen-bond acceptors (Lipinski definition) is 5. The van der Waals surface area contributed by atoms with Gasteiger partial charge in [-0.1, -0.05) is 38.5 Å². The minimum atomic E-state index is -0.427. The maximum Gasteiger partial charge on any atom is 0.332 e. The molecule has 1 aliphatic carbocycles. The number of aromatic amines is 1. The zero-order valence-electron chi connectivity index (χ0n) is 15.5. The summed E-state index contributed by atoms with van der Waals surface area (Å²) in [6.07, 6.45) is 3.38. The summed E-state index contributed by atoms with van der Waals surface area (Å²) in [6.45, 7) is 4.42. The lowest BCUT2D eigenvalue weighted by molar-refractivity contribution is -0.120. The highest BCUT2D eigenvalue weighted by Gasteiger charge is 2.28. The molecule has 2 aromatic heterocycles. The predicted molar refractivity (Wildman–Crippen MR) is 101 cm³/mol. The van der Waals surface area contributed by atoms with Crippen molar-refractivity contribution in [3.05, 3.63) is 20.8 Å². The minimum absolute atomic E-state index is 0.0387. The molecular weight excluding hydrogens is 354 g/mol. The molecule has 142 valence electrons. The molecule has 3 rings (SSSR count). The quantitative estimate of drug-likeness (QED) is 0.772. The van der Waals surface area contributed by atoms with Crippen LogP contribution in [-0.4, -0.2) is 36.8 Å². The van der Waals surface area contributed by atoms with Gasteiger partial charge in [-0.05, 0) is 18.3 Å². The third-order valence-electron chi connectivity index (χ3n) is 5.47. The topological polar surface area (TPSA) is 102 Å². The van der Waals surface area contributed by atoms with Gasteiger partial charge in [0.05, 0.1) is 5.75 Å². The fourth-order valence-electron chi connectivity index (χ4n) is 3.54. The molecule has 26 heavy (non-hydrogen) atoms. The van der Waals surface area contributed by atoms with Crippen LogP contribution in [0.4, 0.5) is 0 Å². The number of fused-ring (bicyclic) bond motifs is 1. The van der Waals surface area contributed by atoms with E-state index in [1.54, 1.807) is 7.05 Å². The molecule has 1 saturated carbocycles. The molecule has 9 heteroatoms. The van der Waals surface area contributed by atoms with Gasteiger partial charge in [-0.25, -0.2) is 9.78 Å². The Balaban J connectivity index is 1.69. The van der Waals surface area contributed by atoms with Crippen LogP contribution in [0.3, 0.4) is 0 Å². The standard InChI is InChI=1S/C17H25N5O3S/c1-9-6-5-7-11(10(9)2)18-12(23)8-26-16-19-13-14(20-16)21(3)17(25)22(4)15(13)24/h9-11H,5-8H2,1-4H3,(H,18,23)(H,19,20)/t9-,10-,11+/m1/s1. The third-order valence-corrected chi connectivity index (χ3v) is 6.34. The summed E-state index contributed by atoms with van der Waals surface area (Å²) in [4.78, 5) is 43.7. The number of H-pyrrole nitrogens is 1. The number of rotatable bonds is 4. The van der Waals surface area contributed by atoms with Crippen LogP contribution in [0.5, 0.6) is 0 Å². The molecule has 0 spiro atoms. The fourth-order valence-corrected chi connectivity index (χ4v) is 4.22. The van der Waals surface area contributed by atoms with Crippen molar-refractivity contribution in [3.63, 3.8) is 0 Å². The zero-order chi connectivity index (χ0) is 19.0. The highest BCUT2D eigenvalue weighted by atomic mass is 32.2. The number of aromatic nitrogens is 4. The minimum Gasteiger partial charge on any atom is -0.352 e. The van der Waals surface area contributed by atoms with Crippen LogP contribution in [0.25, 0.3) is 11.2 Å². The van der Waals surface area contributed by atoms with Crippen LogP contribution in [0.1, 0.15) is 33.1 Å². The second-order valence-electron chi connectivity index (χ2n) is 7.18. The highest BCUT2D eigenvalue weighted by molar-refractivity contribution is 7.99. The van der Waals surface area contributed by atoms with E-state index in [2.05, 4.69) is 29.1 Å². The predicted octanol–water partition coefficient (Wildman–Crippen LogP) is 0.993. The van der Waals surface area contributed by atoms with Crippen molar-refractivity contribution >= 4 is 28.8 Å². The third kappa shape index (κ3) is 3.44. The van der Waals surface area contributed by atoms with Gasteiger partial charge in [0.25, 0.3) is 5.56 Å². The smallest absolute Gasteiger partial charge is 0.332 e. The van der Waals surface area contributed by atoms with E-state index < -0.39 is 11.2 Å². The lowest BCUT2D eigenvalue weighted by Gasteiger charge is -2.34. The van der Waals surface area contributed by atoms with Crippen LogP contribution in [0.2, 0.25) is 0 Å². The van der Waals surface area contributed by atoms with Crippen LogP contribution < -0.4 is 16.6 Å². The molecule has 2 aromatic rings. The van der Waals surface area contributed by atoms with Crippen LogP contribution >= 0.6 is 11.8 Å². The number of nitrogens with zero attached hydrogens (tertiary/aromatic N) is 3. The summed E-state index contributed by atoms with van der Waals surface area (Å²) in [5.74, 6) is 1.27. The first-order valence-corrected chi connectivity index (χ1v) is 9.86. The summed E-state index contributed by atoms with van der Waals surface area (Å²) < 4.78 is 2.36. The SMILES string of the molecule is C[C@@H]1[C@H](C)CCC[C@@H]1NC(=O)CSc1nc2c([nH]1)c(=O)n(C)c(=O)n2C. The largest absolute Gasteiger partial charge is 0.352 e. The van der Waals surface area contributed by atoms with Crippen molar-refractivity contribution in [2.45, 2.75) is 44.3 Å². The number of amides is 1. The van der Waals surface area contributed by atoms with E-state index in [-0.39, 0.29) is 23.2 Å². The molecule has 2 N–H and O–H groups in total. The van der Waals surface area contributed by atoms with Gasteiger partial charge in [-0.2, -0.15) is 0 Å². The van der Waals surface area contributed by atoms with Crippen molar-refractivity contribution in [1.82, 2.24) is 24.4 Å². The molecule has 0 bridgehead atoms. The van der Waals surface area contributed by atoms with Gasteiger partial charge in [0.1, 0.15) is 0 Å². The Bertz CT molecular complexity index is 944. The van der Waals surface area contributed by atoms with Crippen molar-refractivity contribution in [2.24, 2.45) is 25.9 Å².